The van der Waals surface area contributed by atoms with Crippen molar-refractivity contribution in [1.29, 1.82) is 0 Å². The van der Waals surface area contributed by atoms with Crippen LogP contribution in [0, 0.1) is 5.41 Å². The second-order valence-corrected chi connectivity index (χ2v) is 6.82. The quantitative estimate of drug-likeness (QED) is 0.769. The van der Waals surface area contributed by atoms with Gasteiger partial charge in [0.05, 0.1) is 12.3 Å². The Morgan fingerprint density at radius 1 is 1.31 bits per heavy atom. The maximum atomic E-state index is 12.2. The van der Waals surface area contributed by atoms with E-state index in [2.05, 4.69) is 0 Å². The lowest BCUT2D eigenvalue weighted by Crippen LogP contribution is -2.42. The summed E-state index contributed by atoms with van der Waals surface area (Å²) in [5, 5.41) is 0. The Kier molecular flexibility index (Phi) is 5.78. The molecular weight excluding hydrogens is 238 g/mol. The number of nitrogens with zero attached hydrogens (tertiary/aromatic N) is 1. The Bertz CT molecular complexity index is 299. The number of hydrogen-bond donors (Lipinski definition) is 1. The fourth-order valence-electron chi connectivity index (χ4n) is 1.28. The van der Waals surface area contributed by atoms with E-state index in [4.69, 9.17) is 5.73 Å². The lowest BCUT2D eigenvalue weighted by atomic mass is 10.0. The first-order valence-electron chi connectivity index (χ1n) is 5.04. The smallest absolute Gasteiger partial charge is 0.252 e. The van der Waals surface area contributed by atoms with Crippen molar-refractivity contribution in [2.45, 2.75) is 27.2 Å². The normalized spacial score (nSPS) is 13.8. The Hall–Kier alpha value is -0.270. The number of alkyl halides is 2. The standard InChI is InChI=1S/C9H20F2N2O2S/c1-9(2,3)7-16(14,15)13(5-4-12)6-8(10)11/h8H,4-7,12H2,1-3H3. The minimum atomic E-state index is -3.66. The topological polar surface area (TPSA) is 63.4 Å². The lowest BCUT2D eigenvalue weighted by Gasteiger charge is -2.26. The summed E-state index contributed by atoms with van der Waals surface area (Å²) in [6, 6.07) is 0. The summed E-state index contributed by atoms with van der Waals surface area (Å²) in [6.07, 6.45) is -2.68. The first-order chi connectivity index (χ1) is 7.08. The van der Waals surface area contributed by atoms with Crippen molar-refractivity contribution >= 4 is 10.0 Å². The molecular formula is C9H20F2N2O2S. The maximum Gasteiger partial charge on any atom is 0.252 e. The molecule has 0 amide bonds. The molecule has 16 heavy (non-hydrogen) atoms. The molecule has 0 aliphatic heterocycles. The minimum Gasteiger partial charge on any atom is -0.329 e. The number of halogens is 2. The van der Waals surface area contributed by atoms with Gasteiger partial charge < -0.3 is 5.73 Å². The van der Waals surface area contributed by atoms with Crippen LogP contribution in [0.3, 0.4) is 0 Å². The van der Waals surface area contributed by atoms with Crippen molar-refractivity contribution in [2.24, 2.45) is 11.1 Å². The van der Waals surface area contributed by atoms with Crippen LogP contribution in [0.25, 0.3) is 0 Å². The predicted molar refractivity (Wildman–Crippen MR) is 59.9 cm³/mol. The summed E-state index contributed by atoms with van der Waals surface area (Å²) in [4.78, 5) is 0. The average molecular weight is 258 g/mol. The van der Waals surface area contributed by atoms with Crippen molar-refractivity contribution in [3.05, 3.63) is 0 Å². The molecule has 0 aliphatic rings. The number of hydrogen-bond acceptors (Lipinski definition) is 3. The SMILES string of the molecule is CC(C)(C)CS(=O)(=O)N(CCN)CC(F)F. The van der Waals surface area contributed by atoms with E-state index in [0.717, 1.165) is 4.31 Å². The zero-order chi connectivity index (χ0) is 13.0. The van der Waals surface area contributed by atoms with Crippen LogP contribution in [0.4, 0.5) is 8.78 Å². The summed E-state index contributed by atoms with van der Waals surface area (Å²) in [5.74, 6) is -0.160. The van der Waals surface area contributed by atoms with Gasteiger partial charge in [-0.3, -0.25) is 0 Å². The third-order valence-electron chi connectivity index (χ3n) is 1.73. The van der Waals surface area contributed by atoms with Crippen molar-refractivity contribution in [1.82, 2.24) is 4.31 Å². The van der Waals surface area contributed by atoms with E-state index in [1.54, 1.807) is 20.8 Å². The fraction of sp³-hybridized carbons (Fsp3) is 1.00. The Morgan fingerprint density at radius 3 is 2.12 bits per heavy atom. The minimum absolute atomic E-state index is 0.0378. The summed E-state index contributed by atoms with van der Waals surface area (Å²) >= 11 is 0. The van der Waals surface area contributed by atoms with Crippen LogP contribution in [0.15, 0.2) is 0 Å². The van der Waals surface area contributed by atoms with Gasteiger partial charge in [0, 0.05) is 13.1 Å². The number of rotatable bonds is 6. The first kappa shape index (κ1) is 15.7. The molecule has 0 unspecified atom stereocenters. The van der Waals surface area contributed by atoms with Crippen molar-refractivity contribution in [3.63, 3.8) is 0 Å². The summed E-state index contributed by atoms with van der Waals surface area (Å²) in [7, 11) is -3.66. The van der Waals surface area contributed by atoms with Gasteiger partial charge in [0.15, 0.2) is 0 Å². The van der Waals surface area contributed by atoms with E-state index in [0.29, 0.717) is 0 Å². The molecule has 0 aromatic carbocycles. The molecule has 0 saturated heterocycles. The molecule has 0 bridgehead atoms. The van der Waals surface area contributed by atoms with Crippen LogP contribution in [-0.4, -0.2) is 44.5 Å². The van der Waals surface area contributed by atoms with Crippen LogP contribution in [0.2, 0.25) is 0 Å². The van der Waals surface area contributed by atoms with E-state index in [-0.39, 0.29) is 18.8 Å². The van der Waals surface area contributed by atoms with Crippen LogP contribution in [-0.2, 0) is 10.0 Å². The number of sulfonamides is 1. The highest BCUT2D eigenvalue weighted by molar-refractivity contribution is 7.89. The molecule has 0 aliphatic carbocycles. The summed E-state index contributed by atoms with van der Waals surface area (Å²) < 4.78 is 48.8. The predicted octanol–water partition coefficient (Wildman–Crippen LogP) is 0.888. The summed E-state index contributed by atoms with van der Waals surface area (Å²) in [5.41, 5.74) is 4.75. The third kappa shape index (κ3) is 6.34. The summed E-state index contributed by atoms with van der Waals surface area (Å²) in [6.45, 7) is 4.42. The Morgan fingerprint density at radius 2 is 1.81 bits per heavy atom. The first-order valence-corrected chi connectivity index (χ1v) is 6.65. The molecule has 0 saturated carbocycles. The zero-order valence-corrected chi connectivity index (χ0v) is 10.7. The average Bonchev–Trinajstić information content (AvgIpc) is 1.97. The van der Waals surface area contributed by atoms with Crippen LogP contribution >= 0.6 is 0 Å². The van der Waals surface area contributed by atoms with Gasteiger partial charge in [-0.2, -0.15) is 4.31 Å². The van der Waals surface area contributed by atoms with Crippen LogP contribution in [0.5, 0.6) is 0 Å². The molecule has 2 N–H and O–H groups in total. The third-order valence-corrected chi connectivity index (χ3v) is 4.08. The zero-order valence-electron chi connectivity index (χ0n) is 9.91. The molecule has 0 aromatic heterocycles. The molecule has 7 heteroatoms. The largest absolute Gasteiger partial charge is 0.329 e. The monoisotopic (exact) mass is 258 g/mol. The molecule has 0 radical (unpaired) electrons. The van der Waals surface area contributed by atoms with Crippen molar-refractivity contribution < 1.29 is 17.2 Å². The Labute approximate surface area is 95.9 Å². The van der Waals surface area contributed by atoms with Crippen molar-refractivity contribution in [2.75, 3.05) is 25.4 Å². The van der Waals surface area contributed by atoms with Gasteiger partial charge in [-0.1, -0.05) is 20.8 Å². The highest BCUT2D eigenvalue weighted by atomic mass is 32.2. The molecule has 0 spiro atoms. The van der Waals surface area contributed by atoms with E-state index in [1.165, 1.54) is 0 Å². The van der Waals surface area contributed by atoms with Crippen LogP contribution < -0.4 is 5.73 Å². The fourth-order valence-corrected chi connectivity index (χ4v) is 3.28. The van der Waals surface area contributed by atoms with Gasteiger partial charge in [0.2, 0.25) is 10.0 Å². The van der Waals surface area contributed by atoms with Gasteiger partial charge >= 0.3 is 0 Å². The van der Waals surface area contributed by atoms with E-state index < -0.39 is 28.4 Å². The van der Waals surface area contributed by atoms with Crippen molar-refractivity contribution in [3.8, 4) is 0 Å². The molecule has 0 aromatic rings. The van der Waals surface area contributed by atoms with Crippen LogP contribution in [0.1, 0.15) is 20.8 Å². The molecule has 0 fully saturated rings. The van der Waals surface area contributed by atoms with E-state index in [1.807, 2.05) is 0 Å². The highest BCUT2D eigenvalue weighted by Gasteiger charge is 2.29. The maximum absolute atomic E-state index is 12.2. The second-order valence-electron chi connectivity index (χ2n) is 4.85. The lowest BCUT2D eigenvalue weighted by molar-refractivity contribution is 0.120. The van der Waals surface area contributed by atoms with Gasteiger partial charge in [-0.25, -0.2) is 17.2 Å². The molecule has 4 nitrogen and oxygen atoms in total. The highest BCUT2D eigenvalue weighted by Crippen LogP contribution is 2.19. The van der Waals surface area contributed by atoms with Gasteiger partial charge in [-0.05, 0) is 5.41 Å². The second kappa shape index (κ2) is 5.88. The molecule has 0 atom stereocenters. The van der Waals surface area contributed by atoms with E-state index >= 15 is 0 Å². The van der Waals surface area contributed by atoms with Gasteiger partial charge in [0.1, 0.15) is 0 Å². The van der Waals surface area contributed by atoms with Gasteiger partial charge in [0.25, 0.3) is 6.43 Å². The number of nitrogens with two attached hydrogens (primary N) is 1. The van der Waals surface area contributed by atoms with E-state index in [9.17, 15) is 17.2 Å². The Balaban J connectivity index is 4.76. The molecule has 0 rings (SSSR count). The molecule has 0 heterocycles. The molecule has 98 valence electrons. The van der Waals surface area contributed by atoms with Gasteiger partial charge in [-0.15, -0.1) is 0 Å².